The second-order valence-electron chi connectivity index (χ2n) is 5.16. The van der Waals surface area contributed by atoms with Crippen molar-refractivity contribution in [2.24, 2.45) is 0 Å². The first kappa shape index (κ1) is 13.3. The fourth-order valence-electron chi connectivity index (χ4n) is 2.63. The van der Waals surface area contributed by atoms with E-state index in [1.165, 1.54) is 0 Å². The predicted molar refractivity (Wildman–Crippen MR) is 73.3 cm³/mol. The van der Waals surface area contributed by atoms with Gasteiger partial charge in [0.25, 0.3) is 0 Å². The monoisotopic (exact) mass is 249 g/mol. The Labute approximate surface area is 109 Å². The Morgan fingerprint density at radius 1 is 1.61 bits per heavy atom. The number of nitrogen functional groups attached to an aromatic ring is 1. The Hall–Kier alpha value is -1.13. The fourth-order valence-corrected chi connectivity index (χ4v) is 2.63. The Morgan fingerprint density at radius 2 is 2.44 bits per heavy atom. The van der Waals surface area contributed by atoms with Gasteiger partial charge in [0.15, 0.2) is 0 Å². The molecule has 2 atom stereocenters. The molecule has 1 aromatic heterocycles. The molecule has 1 aromatic rings. The number of anilines is 1. The van der Waals surface area contributed by atoms with Gasteiger partial charge >= 0.3 is 0 Å². The number of hydrogen-bond donors (Lipinski definition) is 2. The number of hydrogen-bond acceptors (Lipinski definition) is 4. The third kappa shape index (κ3) is 2.65. The molecule has 0 spiro atoms. The van der Waals surface area contributed by atoms with Crippen LogP contribution >= 0.6 is 0 Å². The van der Waals surface area contributed by atoms with Crippen LogP contribution in [0, 0.1) is 0 Å². The van der Waals surface area contributed by atoms with Gasteiger partial charge in [-0.15, -0.1) is 0 Å². The molecular formula is C14H23N3O. The zero-order chi connectivity index (χ0) is 13.0. The van der Waals surface area contributed by atoms with Gasteiger partial charge in [-0.3, -0.25) is 4.98 Å². The maximum Gasteiger partial charge on any atom is 0.0850 e. The van der Waals surface area contributed by atoms with Gasteiger partial charge in [-0.05, 0) is 38.8 Å². The van der Waals surface area contributed by atoms with Crippen LogP contribution in [0.3, 0.4) is 0 Å². The van der Waals surface area contributed by atoms with Crippen molar-refractivity contribution in [3.8, 4) is 0 Å². The molecule has 1 saturated heterocycles. The summed E-state index contributed by atoms with van der Waals surface area (Å²) in [6, 6.07) is 1.97. The Bertz CT molecular complexity index is 388. The summed E-state index contributed by atoms with van der Waals surface area (Å²) >= 11 is 0. The molecule has 2 heterocycles. The minimum atomic E-state index is -0.174. The average Bonchev–Trinajstić information content (AvgIpc) is 2.80. The smallest absolute Gasteiger partial charge is 0.0850 e. The molecule has 2 rings (SSSR count). The number of nitrogens with two attached hydrogens (primary N) is 1. The van der Waals surface area contributed by atoms with Crippen LogP contribution in [0.25, 0.3) is 0 Å². The van der Waals surface area contributed by atoms with Crippen LogP contribution in [0.2, 0.25) is 0 Å². The summed E-state index contributed by atoms with van der Waals surface area (Å²) < 4.78 is 5.96. The van der Waals surface area contributed by atoms with E-state index in [1.54, 1.807) is 6.20 Å². The van der Waals surface area contributed by atoms with Crippen LogP contribution in [0.15, 0.2) is 18.5 Å². The van der Waals surface area contributed by atoms with Gasteiger partial charge in [0.2, 0.25) is 0 Å². The lowest BCUT2D eigenvalue weighted by Gasteiger charge is -2.35. The molecule has 0 aliphatic carbocycles. The van der Waals surface area contributed by atoms with Crippen molar-refractivity contribution < 1.29 is 4.74 Å². The minimum absolute atomic E-state index is 0.119. The summed E-state index contributed by atoms with van der Waals surface area (Å²) in [4.78, 5) is 4.20. The highest BCUT2D eigenvalue weighted by Gasteiger charge is 2.39. The third-order valence-electron chi connectivity index (χ3n) is 3.66. The first-order valence-corrected chi connectivity index (χ1v) is 6.74. The molecule has 100 valence electrons. The van der Waals surface area contributed by atoms with Crippen molar-refractivity contribution >= 4 is 5.69 Å². The van der Waals surface area contributed by atoms with Gasteiger partial charge in [0, 0.05) is 30.3 Å². The van der Waals surface area contributed by atoms with Crippen molar-refractivity contribution in [2.75, 3.05) is 18.9 Å². The van der Waals surface area contributed by atoms with E-state index in [4.69, 9.17) is 10.5 Å². The van der Waals surface area contributed by atoms with Crippen LogP contribution in [-0.4, -0.2) is 23.7 Å². The van der Waals surface area contributed by atoms with Crippen molar-refractivity contribution in [1.29, 1.82) is 0 Å². The molecule has 3 N–H and O–H groups in total. The Balaban J connectivity index is 2.27. The van der Waals surface area contributed by atoms with Gasteiger partial charge in [-0.1, -0.05) is 6.92 Å². The fraction of sp³-hybridized carbons (Fsp3) is 0.643. The van der Waals surface area contributed by atoms with E-state index in [9.17, 15) is 0 Å². The Morgan fingerprint density at radius 3 is 3.06 bits per heavy atom. The van der Waals surface area contributed by atoms with E-state index < -0.39 is 0 Å². The molecule has 0 amide bonds. The van der Waals surface area contributed by atoms with E-state index in [0.717, 1.165) is 43.7 Å². The zero-order valence-corrected chi connectivity index (χ0v) is 11.3. The summed E-state index contributed by atoms with van der Waals surface area (Å²) in [7, 11) is 0. The quantitative estimate of drug-likeness (QED) is 0.840. The summed E-state index contributed by atoms with van der Waals surface area (Å²) in [5, 5.41) is 3.56. The van der Waals surface area contributed by atoms with Gasteiger partial charge in [-0.25, -0.2) is 0 Å². The highest BCUT2D eigenvalue weighted by molar-refractivity contribution is 5.47. The van der Waals surface area contributed by atoms with E-state index in [0.29, 0.717) is 0 Å². The molecule has 1 aliphatic rings. The van der Waals surface area contributed by atoms with Crippen LogP contribution in [0.4, 0.5) is 5.69 Å². The lowest BCUT2D eigenvalue weighted by atomic mass is 9.87. The molecule has 0 saturated carbocycles. The summed E-state index contributed by atoms with van der Waals surface area (Å²) in [5.74, 6) is 0. The first-order valence-electron chi connectivity index (χ1n) is 6.74. The SMILES string of the molecule is CCCNC(c1cnccc1N)C1(C)CCCO1. The highest BCUT2D eigenvalue weighted by Crippen LogP contribution is 2.38. The van der Waals surface area contributed by atoms with E-state index in [1.807, 2.05) is 12.3 Å². The lowest BCUT2D eigenvalue weighted by molar-refractivity contribution is -0.0123. The molecule has 1 aliphatic heterocycles. The lowest BCUT2D eigenvalue weighted by Crippen LogP contribution is -2.42. The number of rotatable bonds is 5. The number of aromatic nitrogens is 1. The van der Waals surface area contributed by atoms with Crippen molar-refractivity contribution in [2.45, 2.75) is 44.8 Å². The van der Waals surface area contributed by atoms with Crippen LogP contribution in [0.1, 0.15) is 44.7 Å². The Kier molecular flexibility index (Phi) is 4.19. The van der Waals surface area contributed by atoms with E-state index in [2.05, 4.69) is 24.1 Å². The maximum atomic E-state index is 6.08. The third-order valence-corrected chi connectivity index (χ3v) is 3.66. The summed E-state index contributed by atoms with van der Waals surface area (Å²) in [6.07, 6.45) is 6.85. The summed E-state index contributed by atoms with van der Waals surface area (Å²) in [6.45, 7) is 6.12. The van der Waals surface area contributed by atoms with Crippen molar-refractivity contribution in [3.63, 3.8) is 0 Å². The topological polar surface area (TPSA) is 60.2 Å². The molecule has 2 unspecified atom stereocenters. The number of ether oxygens (including phenoxy) is 1. The average molecular weight is 249 g/mol. The maximum absolute atomic E-state index is 6.08. The predicted octanol–water partition coefficient (Wildman–Crippen LogP) is 2.27. The largest absolute Gasteiger partial charge is 0.398 e. The zero-order valence-electron chi connectivity index (χ0n) is 11.3. The second-order valence-corrected chi connectivity index (χ2v) is 5.16. The number of pyridine rings is 1. The first-order chi connectivity index (χ1) is 8.67. The van der Waals surface area contributed by atoms with Gasteiger partial charge in [0.1, 0.15) is 0 Å². The molecular weight excluding hydrogens is 226 g/mol. The number of nitrogens with one attached hydrogen (secondary N) is 1. The van der Waals surface area contributed by atoms with Crippen LogP contribution in [0.5, 0.6) is 0 Å². The highest BCUT2D eigenvalue weighted by atomic mass is 16.5. The van der Waals surface area contributed by atoms with E-state index in [-0.39, 0.29) is 11.6 Å². The van der Waals surface area contributed by atoms with Gasteiger partial charge < -0.3 is 15.8 Å². The molecule has 1 fully saturated rings. The normalized spacial score (nSPS) is 25.2. The van der Waals surface area contributed by atoms with Crippen LogP contribution in [-0.2, 0) is 4.74 Å². The molecule has 0 aromatic carbocycles. The van der Waals surface area contributed by atoms with Gasteiger partial charge in [0.05, 0.1) is 11.6 Å². The standard InChI is InChI=1S/C14H23N3O/c1-3-7-17-13(14(2)6-4-9-18-14)11-10-16-8-5-12(11)15/h5,8,10,13,17H,3-4,6-7,9H2,1-2H3,(H2,15,16). The van der Waals surface area contributed by atoms with E-state index >= 15 is 0 Å². The van der Waals surface area contributed by atoms with Gasteiger partial charge in [-0.2, -0.15) is 0 Å². The van der Waals surface area contributed by atoms with Crippen LogP contribution < -0.4 is 11.1 Å². The van der Waals surface area contributed by atoms with Crippen molar-refractivity contribution in [1.82, 2.24) is 10.3 Å². The summed E-state index contributed by atoms with van der Waals surface area (Å²) in [5.41, 5.74) is 7.75. The number of nitrogens with zero attached hydrogens (tertiary/aromatic N) is 1. The minimum Gasteiger partial charge on any atom is -0.398 e. The second kappa shape index (κ2) is 5.67. The molecule has 0 radical (unpaired) electrons. The molecule has 0 bridgehead atoms. The molecule has 4 heteroatoms. The van der Waals surface area contributed by atoms with Crippen molar-refractivity contribution in [3.05, 3.63) is 24.0 Å². The molecule has 18 heavy (non-hydrogen) atoms. The molecule has 4 nitrogen and oxygen atoms in total.